The van der Waals surface area contributed by atoms with E-state index in [1.54, 1.807) is 4.40 Å². The minimum absolute atomic E-state index is 1.27. The Labute approximate surface area is 214 Å². The molecule has 176 valence electrons. The summed E-state index contributed by atoms with van der Waals surface area (Å²) < 4.78 is 6.50. The van der Waals surface area contributed by atoms with E-state index in [0.717, 1.165) is 0 Å². The standard InChI is InChI=1S/C33H31GeN2/c1-20-17-27-26-14-10-13-25(22-11-8-7-9-12-22)31(26)36-28-19-24(34(3,4)5)18-23-15-16-35(6)33(30(23)28)29(21(20)2)32(27)36/h7-19H,1-6H3/q+1. The van der Waals surface area contributed by atoms with Crippen LogP contribution >= 0.6 is 0 Å². The molecule has 7 aromatic rings. The first-order valence-corrected chi connectivity index (χ1v) is 20.2. The third kappa shape index (κ3) is 2.82. The molecule has 0 saturated heterocycles. The second-order valence-electron chi connectivity index (χ2n) is 11.5. The van der Waals surface area contributed by atoms with Crippen molar-refractivity contribution >= 4 is 66.7 Å². The molecular weight excluding hydrogens is 497 g/mol. The van der Waals surface area contributed by atoms with E-state index in [4.69, 9.17) is 0 Å². The number of pyridine rings is 2. The first kappa shape index (κ1) is 21.9. The number of fused-ring (bicyclic) bond motifs is 5. The molecule has 3 heterocycles. The molecule has 0 atom stereocenters. The van der Waals surface area contributed by atoms with E-state index in [-0.39, 0.29) is 0 Å². The monoisotopic (exact) mass is 529 g/mol. The van der Waals surface area contributed by atoms with Crippen LogP contribution in [0.5, 0.6) is 0 Å². The van der Waals surface area contributed by atoms with Crippen molar-refractivity contribution in [3.63, 3.8) is 0 Å². The van der Waals surface area contributed by atoms with Crippen LogP contribution < -0.4 is 8.96 Å². The van der Waals surface area contributed by atoms with Crippen LogP contribution in [0.2, 0.25) is 17.3 Å². The van der Waals surface area contributed by atoms with Gasteiger partial charge in [-0.1, -0.05) is 0 Å². The maximum atomic E-state index is 2.61. The fraction of sp³-hybridized carbons (Fsp3) is 0.182. The Bertz CT molecular complexity index is 1990. The molecule has 0 spiro atoms. The summed E-state index contributed by atoms with van der Waals surface area (Å²) in [5.74, 6) is 7.50. The first-order chi connectivity index (χ1) is 17.3. The van der Waals surface area contributed by atoms with Crippen molar-refractivity contribution in [3.8, 4) is 11.1 Å². The van der Waals surface area contributed by atoms with Gasteiger partial charge in [-0.15, -0.1) is 0 Å². The molecule has 3 aromatic heterocycles. The molecule has 36 heavy (non-hydrogen) atoms. The Morgan fingerprint density at radius 2 is 1.53 bits per heavy atom. The zero-order valence-electron chi connectivity index (χ0n) is 21.9. The Kier molecular flexibility index (Phi) is 4.46. The molecule has 0 radical (unpaired) electrons. The Morgan fingerprint density at radius 1 is 0.750 bits per heavy atom. The molecule has 0 aliphatic rings. The fourth-order valence-electron chi connectivity index (χ4n) is 6.23. The van der Waals surface area contributed by atoms with Crippen molar-refractivity contribution in [1.29, 1.82) is 0 Å². The van der Waals surface area contributed by atoms with E-state index >= 15 is 0 Å². The second kappa shape index (κ2) is 7.33. The molecule has 7 rings (SSSR count). The van der Waals surface area contributed by atoms with Crippen LogP contribution in [-0.4, -0.2) is 17.7 Å². The molecule has 0 aliphatic heterocycles. The second-order valence-corrected chi connectivity index (χ2v) is 22.1. The maximum absolute atomic E-state index is 2.61. The molecule has 0 bridgehead atoms. The molecule has 0 saturated carbocycles. The summed E-state index contributed by atoms with van der Waals surface area (Å²) in [6.45, 7) is 4.56. The number of aromatic nitrogens is 2. The van der Waals surface area contributed by atoms with E-state index in [9.17, 15) is 0 Å². The topological polar surface area (TPSA) is 8.29 Å². The number of rotatable bonds is 2. The normalized spacial score (nSPS) is 12.7. The van der Waals surface area contributed by atoms with Crippen LogP contribution in [0.25, 0.3) is 60.1 Å². The molecule has 0 N–H and O–H groups in total. The van der Waals surface area contributed by atoms with Gasteiger partial charge in [0.15, 0.2) is 0 Å². The molecular formula is C33H31GeN2+. The average molecular weight is 528 g/mol. The van der Waals surface area contributed by atoms with Crippen molar-refractivity contribution in [2.45, 2.75) is 31.1 Å². The van der Waals surface area contributed by atoms with Crippen LogP contribution in [0.3, 0.4) is 0 Å². The van der Waals surface area contributed by atoms with Crippen molar-refractivity contribution in [3.05, 3.63) is 90.1 Å². The summed E-state index contributed by atoms with van der Waals surface area (Å²) in [6.07, 6.45) is 2.25. The van der Waals surface area contributed by atoms with Crippen LogP contribution in [-0.2, 0) is 7.05 Å². The summed E-state index contributed by atoms with van der Waals surface area (Å²) in [5, 5.41) is 6.80. The van der Waals surface area contributed by atoms with Crippen molar-refractivity contribution in [2.75, 3.05) is 0 Å². The first-order valence-electron chi connectivity index (χ1n) is 12.9. The quantitative estimate of drug-likeness (QED) is 0.0944. The predicted molar refractivity (Wildman–Crippen MR) is 158 cm³/mol. The van der Waals surface area contributed by atoms with Gasteiger partial charge in [0, 0.05) is 0 Å². The number of aryl methyl sites for hydroxylation is 3. The summed E-state index contributed by atoms with van der Waals surface area (Å²) >= 11 is -2.10. The van der Waals surface area contributed by atoms with Crippen LogP contribution in [0.1, 0.15) is 11.1 Å². The van der Waals surface area contributed by atoms with Gasteiger partial charge in [0.25, 0.3) is 0 Å². The van der Waals surface area contributed by atoms with Crippen molar-refractivity contribution in [1.82, 2.24) is 4.40 Å². The molecule has 0 unspecified atom stereocenters. The number of hydrogen-bond acceptors (Lipinski definition) is 0. The van der Waals surface area contributed by atoms with Gasteiger partial charge in [0.2, 0.25) is 0 Å². The summed E-state index contributed by atoms with van der Waals surface area (Å²) in [4.78, 5) is 0. The Hall–Kier alpha value is -3.37. The molecule has 0 aliphatic carbocycles. The Balaban J connectivity index is 1.89. The van der Waals surface area contributed by atoms with E-state index < -0.39 is 13.3 Å². The van der Waals surface area contributed by atoms with Crippen LogP contribution in [0.15, 0.2) is 79.0 Å². The van der Waals surface area contributed by atoms with E-state index in [2.05, 4.69) is 126 Å². The summed E-state index contributed by atoms with van der Waals surface area (Å²) in [6, 6.07) is 27.5. The van der Waals surface area contributed by atoms with E-state index in [0.29, 0.717) is 0 Å². The fourth-order valence-corrected chi connectivity index (χ4v) is 8.66. The summed E-state index contributed by atoms with van der Waals surface area (Å²) in [7, 11) is 2.20. The van der Waals surface area contributed by atoms with Crippen molar-refractivity contribution < 1.29 is 4.57 Å². The summed E-state index contributed by atoms with van der Waals surface area (Å²) in [5.41, 5.74) is 10.6. The van der Waals surface area contributed by atoms with Crippen LogP contribution in [0, 0.1) is 13.8 Å². The number of hydrogen-bond donors (Lipinski definition) is 0. The Morgan fingerprint density at radius 3 is 2.28 bits per heavy atom. The van der Waals surface area contributed by atoms with E-state index in [1.165, 1.54) is 71.3 Å². The van der Waals surface area contributed by atoms with Gasteiger partial charge in [-0.25, -0.2) is 0 Å². The molecule has 3 heteroatoms. The van der Waals surface area contributed by atoms with Gasteiger partial charge >= 0.3 is 215 Å². The van der Waals surface area contributed by atoms with Gasteiger partial charge in [0.05, 0.1) is 0 Å². The third-order valence-corrected chi connectivity index (χ3v) is 12.5. The SMILES string of the molecule is Cc1cc2c3cccc(-c4ccccc4)c3n3c4c[c]([Ge]([CH3])([CH3])[CH3])cc5cc[n+](C)c(c(c1C)c23)c54. The van der Waals surface area contributed by atoms with E-state index in [1.807, 2.05) is 0 Å². The number of nitrogens with zero attached hydrogens (tertiary/aromatic N) is 2. The molecule has 0 fully saturated rings. The zero-order valence-corrected chi connectivity index (χ0v) is 24.0. The molecule has 2 nitrogen and oxygen atoms in total. The van der Waals surface area contributed by atoms with Crippen molar-refractivity contribution in [2.24, 2.45) is 7.05 Å². The van der Waals surface area contributed by atoms with Crippen LogP contribution in [0.4, 0.5) is 0 Å². The zero-order chi connectivity index (χ0) is 24.9. The third-order valence-electron chi connectivity index (χ3n) is 8.24. The van der Waals surface area contributed by atoms with Gasteiger partial charge in [-0.2, -0.15) is 0 Å². The van der Waals surface area contributed by atoms with Gasteiger partial charge in [-0.3, -0.25) is 0 Å². The molecule has 4 aromatic carbocycles. The molecule has 0 amide bonds. The number of para-hydroxylation sites is 1. The number of benzene rings is 4. The van der Waals surface area contributed by atoms with Gasteiger partial charge in [-0.05, 0) is 0 Å². The van der Waals surface area contributed by atoms with Gasteiger partial charge in [0.1, 0.15) is 0 Å². The average Bonchev–Trinajstić information content (AvgIpc) is 3.19. The van der Waals surface area contributed by atoms with Gasteiger partial charge < -0.3 is 0 Å². The minimum atomic E-state index is -2.10. The predicted octanol–water partition coefficient (Wildman–Crippen LogP) is 7.64.